The highest BCUT2D eigenvalue weighted by atomic mass is 16.7. The Balaban J connectivity index is 1.77. The Hall–Kier alpha value is -3.01. The van der Waals surface area contributed by atoms with Crippen molar-refractivity contribution in [2.75, 3.05) is 13.4 Å². The van der Waals surface area contributed by atoms with Gasteiger partial charge in [0.25, 0.3) is 0 Å². The van der Waals surface area contributed by atoms with Gasteiger partial charge in [0.05, 0.1) is 0 Å². The molecule has 0 bridgehead atoms. The number of carbonyl (C=O) groups excluding carboxylic acids is 1. The minimum Gasteiger partial charge on any atom is -0.489 e. The zero-order chi connectivity index (χ0) is 16.1. The van der Waals surface area contributed by atoms with Crippen LogP contribution in [0.25, 0.3) is 6.08 Å². The van der Waals surface area contributed by atoms with Crippen LogP contribution < -0.4 is 14.2 Å². The molecule has 0 spiro atoms. The molecule has 0 unspecified atom stereocenters. The molecule has 0 amide bonds. The molecular weight excluding hydrogens is 292 g/mol. The summed E-state index contributed by atoms with van der Waals surface area (Å²) in [5.41, 5.74) is 1.39. The molecule has 4 nitrogen and oxygen atoms in total. The fourth-order valence-electron chi connectivity index (χ4n) is 2.21. The molecular formula is C19H16O4. The van der Waals surface area contributed by atoms with E-state index in [0.29, 0.717) is 29.4 Å². The normalized spacial score (nSPS) is 12.3. The third-order valence-corrected chi connectivity index (χ3v) is 3.35. The molecule has 23 heavy (non-hydrogen) atoms. The van der Waals surface area contributed by atoms with Gasteiger partial charge in [0.1, 0.15) is 12.4 Å². The first kappa shape index (κ1) is 14.9. The number of ketones is 1. The number of hydrogen-bond donors (Lipinski definition) is 0. The number of allylic oxidation sites excluding steroid dienone is 1. The lowest BCUT2D eigenvalue weighted by Gasteiger charge is -2.06. The number of carbonyl (C=O) groups is 1. The molecule has 0 atom stereocenters. The van der Waals surface area contributed by atoms with Crippen LogP contribution in [0.1, 0.15) is 15.9 Å². The van der Waals surface area contributed by atoms with Crippen LogP contribution in [0.2, 0.25) is 0 Å². The van der Waals surface area contributed by atoms with Crippen molar-refractivity contribution in [3.63, 3.8) is 0 Å². The molecule has 0 fully saturated rings. The first-order valence-corrected chi connectivity index (χ1v) is 7.23. The Bertz CT molecular complexity index is 762. The van der Waals surface area contributed by atoms with Crippen LogP contribution in [-0.4, -0.2) is 19.2 Å². The van der Waals surface area contributed by atoms with E-state index in [1.807, 2.05) is 24.3 Å². The highest BCUT2D eigenvalue weighted by Gasteiger charge is 2.15. The SMILES string of the molecule is C=CCOc1ccccc1/C=C/C(=O)c1ccc2c(c1)OCO2. The minimum atomic E-state index is -0.109. The largest absolute Gasteiger partial charge is 0.489 e. The molecule has 0 N–H and O–H groups in total. The summed E-state index contributed by atoms with van der Waals surface area (Å²) in [6, 6.07) is 12.7. The first-order valence-electron chi connectivity index (χ1n) is 7.23. The fourth-order valence-corrected chi connectivity index (χ4v) is 2.21. The van der Waals surface area contributed by atoms with Gasteiger partial charge in [-0.15, -0.1) is 0 Å². The summed E-state index contributed by atoms with van der Waals surface area (Å²) in [6.45, 7) is 4.24. The van der Waals surface area contributed by atoms with Gasteiger partial charge in [0, 0.05) is 11.1 Å². The lowest BCUT2D eigenvalue weighted by molar-refractivity contribution is 0.104. The Morgan fingerprint density at radius 1 is 1.17 bits per heavy atom. The van der Waals surface area contributed by atoms with E-state index >= 15 is 0 Å². The zero-order valence-electron chi connectivity index (χ0n) is 12.5. The second-order valence-corrected chi connectivity index (χ2v) is 4.90. The van der Waals surface area contributed by atoms with Crippen molar-refractivity contribution >= 4 is 11.9 Å². The van der Waals surface area contributed by atoms with E-state index < -0.39 is 0 Å². The Morgan fingerprint density at radius 3 is 2.87 bits per heavy atom. The summed E-state index contributed by atoms with van der Waals surface area (Å²) in [6.07, 6.45) is 4.94. The minimum absolute atomic E-state index is 0.109. The van der Waals surface area contributed by atoms with Crippen molar-refractivity contribution in [1.29, 1.82) is 0 Å². The van der Waals surface area contributed by atoms with E-state index in [0.717, 1.165) is 5.56 Å². The van der Waals surface area contributed by atoms with Crippen LogP contribution in [-0.2, 0) is 0 Å². The lowest BCUT2D eigenvalue weighted by atomic mass is 10.1. The van der Waals surface area contributed by atoms with Crippen LogP contribution in [0.5, 0.6) is 17.2 Å². The molecule has 2 aromatic carbocycles. The summed E-state index contributed by atoms with van der Waals surface area (Å²) >= 11 is 0. The summed E-state index contributed by atoms with van der Waals surface area (Å²) in [5, 5.41) is 0. The highest BCUT2D eigenvalue weighted by Crippen LogP contribution is 2.32. The molecule has 1 heterocycles. The van der Waals surface area contributed by atoms with Gasteiger partial charge in [0.2, 0.25) is 6.79 Å². The van der Waals surface area contributed by atoms with E-state index in [9.17, 15) is 4.79 Å². The van der Waals surface area contributed by atoms with Crippen LogP contribution in [0.3, 0.4) is 0 Å². The zero-order valence-corrected chi connectivity index (χ0v) is 12.5. The number of ether oxygens (including phenoxy) is 3. The standard InChI is InChI=1S/C19H16O4/c1-2-11-21-17-6-4-3-5-14(17)7-9-16(20)15-8-10-18-19(12-15)23-13-22-18/h2-10,12H,1,11,13H2/b9-7+. The van der Waals surface area contributed by atoms with Crippen LogP contribution in [0, 0.1) is 0 Å². The number of benzene rings is 2. The van der Waals surface area contributed by atoms with E-state index in [1.165, 1.54) is 6.08 Å². The van der Waals surface area contributed by atoms with E-state index in [4.69, 9.17) is 14.2 Å². The predicted octanol–water partition coefficient (Wildman–Crippen LogP) is 3.88. The molecule has 1 aliphatic rings. The van der Waals surface area contributed by atoms with Gasteiger partial charge in [-0.05, 0) is 36.4 Å². The molecule has 3 rings (SSSR count). The smallest absolute Gasteiger partial charge is 0.231 e. The maximum absolute atomic E-state index is 12.3. The van der Waals surface area contributed by atoms with Gasteiger partial charge in [-0.2, -0.15) is 0 Å². The van der Waals surface area contributed by atoms with Crippen molar-refractivity contribution in [1.82, 2.24) is 0 Å². The number of para-hydroxylation sites is 1. The number of hydrogen-bond acceptors (Lipinski definition) is 4. The van der Waals surface area contributed by atoms with Crippen molar-refractivity contribution in [2.24, 2.45) is 0 Å². The van der Waals surface area contributed by atoms with Crippen molar-refractivity contribution in [3.05, 3.63) is 72.3 Å². The Labute approximate surface area is 134 Å². The summed E-state index contributed by atoms with van der Waals surface area (Å²) in [7, 11) is 0. The molecule has 116 valence electrons. The van der Waals surface area contributed by atoms with E-state index in [2.05, 4.69) is 6.58 Å². The first-order chi connectivity index (χ1) is 11.3. The predicted molar refractivity (Wildman–Crippen MR) is 88.1 cm³/mol. The van der Waals surface area contributed by atoms with E-state index in [-0.39, 0.29) is 12.6 Å². The quantitative estimate of drug-likeness (QED) is 0.461. The fraction of sp³-hybridized carbons (Fsp3) is 0.105. The van der Waals surface area contributed by atoms with Crippen molar-refractivity contribution in [3.8, 4) is 17.2 Å². The molecule has 0 aliphatic carbocycles. The van der Waals surface area contributed by atoms with Gasteiger partial charge in [-0.25, -0.2) is 0 Å². The topological polar surface area (TPSA) is 44.8 Å². The van der Waals surface area contributed by atoms with Crippen molar-refractivity contribution in [2.45, 2.75) is 0 Å². The third kappa shape index (κ3) is 3.43. The monoisotopic (exact) mass is 308 g/mol. The summed E-state index contributed by atoms with van der Waals surface area (Å²) in [4.78, 5) is 12.3. The number of rotatable bonds is 6. The second kappa shape index (κ2) is 6.83. The van der Waals surface area contributed by atoms with Gasteiger partial charge < -0.3 is 14.2 Å². The van der Waals surface area contributed by atoms with Gasteiger partial charge in [0.15, 0.2) is 17.3 Å². The Morgan fingerprint density at radius 2 is 2.00 bits per heavy atom. The molecule has 1 aliphatic heterocycles. The van der Waals surface area contributed by atoms with Gasteiger partial charge in [-0.3, -0.25) is 4.79 Å². The molecule has 0 saturated carbocycles. The summed E-state index contributed by atoms with van der Waals surface area (Å²) in [5.74, 6) is 1.86. The second-order valence-electron chi connectivity index (χ2n) is 4.90. The van der Waals surface area contributed by atoms with Crippen molar-refractivity contribution < 1.29 is 19.0 Å². The maximum Gasteiger partial charge on any atom is 0.231 e. The average Bonchev–Trinajstić information content (AvgIpc) is 3.06. The molecule has 4 heteroatoms. The highest BCUT2D eigenvalue weighted by molar-refractivity contribution is 6.07. The van der Waals surface area contributed by atoms with Crippen LogP contribution in [0.4, 0.5) is 0 Å². The Kier molecular flexibility index (Phi) is 4.43. The summed E-state index contributed by atoms with van der Waals surface area (Å²) < 4.78 is 16.1. The van der Waals surface area contributed by atoms with Crippen LogP contribution >= 0.6 is 0 Å². The average molecular weight is 308 g/mol. The molecule has 0 aromatic heterocycles. The molecule has 2 aromatic rings. The lowest BCUT2D eigenvalue weighted by Crippen LogP contribution is -1.96. The molecule has 0 radical (unpaired) electrons. The third-order valence-electron chi connectivity index (χ3n) is 3.35. The van der Waals surface area contributed by atoms with Gasteiger partial charge in [-0.1, -0.05) is 30.9 Å². The van der Waals surface area contributed by atoms with Crippen LogP contribution in [0.15, 0.2) is 61.2 Å². The number of fused-ring (bicyclic) bond motifs is 1. The van der Waals surface area contributed by atoms with Gasteiger partial charge >= 0.3 is 0 Å². The van der Waals surface area contributed by atoms with E-state index in [1.54, 1.807) is 30.4 Å². The molecule has 0 saturated heterocycles. The maximum atomic E-state index is 12.3.